The Hall–Kier alpha value is -2.19. The first-order chi connectivity index (χ1) is 13.8. The van der Waals surface area contributed by atoms with E-state index in [4.69, 9.17) is 4.74 Å². The van der Waals surface area contributed by atoms with Crippen LogP contribution in [0.3, 0.4) is 0 Å². The third-order valence-electron chi connectivity index (χ3n) is 4.86. The van der Waals surface area contributed by atoms with Crippen molar-refractivity contribution < 1.29 is 22.7 Å². The van der Waals surface area contributed by atoms with Crippen LogP contribution in [-0.2, 0) is 24.3 Å². The number of nitrogens with zero attached hydrogens (tertiary/aromatic N) is 1. The number of benzene rings is 1. The zero-order valence-corrected chi connectivity index (χ0v) is 17.9. The Morgan fingerprint density at radius 2 is 1.76 bits per heavy atom. The number of amides is 1. The summed E-state index contributed by atoms with van der Waals surface area (Å²) in [5, 5.41) is 2.71. The number of carbonyl (C=O) groups excluding carboxylic acids is 2. The first kappa shape index (κ1) is 23.1. The maximum Gasteiger partial charge on any atom is 0.331 e. The molecule has 1 amide bonds. The predicted octanol–water partition coefficient (Wildman–Crippen LogP) is 2.72. The highest BCUT2D eigenvalue weighted by molar-refractivity contribution is 7.89. The number of carbonyl (C=O) groups is 2. The average molecular weight is 423 g/mol. The van der Waals surface area contributed by atoms with Gasteiger partial charge in [0.05, 0.1) is 4.90 Å². The van der Waals surface area contributed by atoms with E-state index >= 15 is 0 Å². The Balaban J connectivity index is 1.91. The molecule has 8 heteroatoms. The zero-order valence-electron chi connectivity index (χ0n) is 17.1. The summed E-state index contributed by atoms with van der Waals surface area (Å²) in [6, 6.07) is 6.41. The van der Waals surface area contributed by atoms with Crippen LogP contribution in [0.5, 0.6) is 0 Å². The van der Waals surface area contributed by atoms with Gasteiger partial charge < -0.3 is 10.1 Å². The molecular formula is C21H30N2O5S. The molecule has 0 spiro atoms. The molecule has 2 rings (SSSR count). The minimum Gasteiger partial charge on any atom is -0.452 e. The number of hydrogen-bond acceptors (Lipinski definition) is 5. The molecule has 1 atom stereocenters. The zero-order chi connectivity index (χ0) is 21.3. The van der Waals surface area contributed by atoms with Gasteiger partial charge in [-0.2, -0.15) is 4.31 Å². The molecule has 0 aromatic heterocycles. The van der Waals surface area contributed by atoms with Gasteiger partial charge in [-0.1, -0.05) is 31.9 Å². The van der Waals surface area contributed by atoms with Crippen LogP contribution in [0.2, 0.25) is 0 Å². The Morgan fingerprint density at radius 3 is 2.34 bits per heavy atom. The van der Waals surface area contributed by atoms with E-state index in [2.05, 4.69) is 5.32 Å². The fraction of sp³-hybridized carbons (Fsp3) is 0.524. The molecule has 0 bridgehead atoms. The maximum absolute atomic E-state index is 12.8. The van der Waals surface area contributed by atoms with Gasteiger partial charge in [0.2, 0.25) is 10.0 Å². The first-order valence-electron chi connectivity index (χ1n) is 10.1. The van der Waals surface area contributed by atoms with Crippen molar-refractivity contribution in [1.82, 2.24) is 9.62 Å². The number of nitrogens with one attached hydrogen (secondary N) is 1. The van der Waals surface area contributed by atoms with Gasteiger partial charge in [0, 0.05) is 25.2 Å². The Kier molecular flexibility index (Phi) is 8.85. The number of ether oxygens (including phenoxy) is 1. The first-order valence-corrected chi connectivity index (χ1v) is 11.5. The molecule has 1 N–H and O–H groups in total. The quantitative estimate of drug-likeness (QED) is 0.514. The second-order valence-electron chi connectivity index (χ2n) is 7.21. The highest BCUT2D eigenvalue weighted by Gasteiger charge is 2.24. The van der Waals surface area contributed by atoms with Gasteiger partial charge in [-0.05, 0) is 50.0 Å². The van der Waals surface area contributed by atoms with E-state index in [1.807, 2.05) is 13.8 Å². The standard InChI is InChI=1S/C21H30N2O5S/c1-3-17(2)22-20(24)16-28-21(25)13-10-18-8-11-19(12-9-18)29(26,27)23-14-6-4-5-7-15-23/h8-13,17H,3-7,14-16H2,1-2H3,(H,22,24)/b13-10+/t17-/m1/s1. The molecule has 29 heavy (non-hydrogen) atoms. The second kappa shape index (κ2) is 11.1. The van der Waals surface area contributed by atoms with Gasteiger partial charge >= 0.3 is 5.97 Å². The molecule has 0 saturated carbocycles. The monoisotopic (exact) mass is 422 g/mol. The molecule has 1 aromatic rings. The number of sulfonamides is 1. The minimum atomic E-state index is -3.49. The third-order valence-corrected chi connectivity index (χ3v) is 6.77. The van der Waals surface area contributed by atoms with E-state index in [0.29, 0.717) is 18.7 Å². The van der Waals surface area contributed by atoms with Crippen molar-refractivity contribution >= 4 is 28.0 Å². The summed E-state index contributed by atoms with van der Waals surface area (Å²) in [4.78, 5) is 23.6. The van der Waals surface area contributed by atoms with Crippen LogP contribution in [0.15, 0.2) is 35.2 Å². The lowest BCUT2D eigenvalue weighted by atomic mass is 10.2. The Morgan fingerprint density at radius 1 is 1.14 bits per heavy atom. The highest BCUT2D eigenvalue weighted by Crippen LogP contribution is 2.21. The summed E-state index contributed by atoms with van der Waals surface area (Å²) >= 11 is 0. The van der Waals surface area contributed by atoms with E-state index in [1.54, 1.807) is 28.6 Å². The largest absolute Gasteiger partial charge is 0.452 e. The summed E-state index contributed by atoms with van der Waals surface area (Å²) in [5.74, 6) is -0.977. The van der Waals surface area contributed by atoms with Crippen molar-refractivity contribution in [1.29, 1.82) is 0 Å². The maximum atomic E-state index is 12.8. The van der Waals surface area contributed by atoms with E-state index in [0.717, 1.165) is 32.1 Å². The van der Waals surface area contributed by atoms with Gasteiger partial charge in [-0.3, -0.25) is 4.79 Å². The van der Waals surface area contributed by atoms with E-state index in [-0.39, 0.29) is 23.5 Å². The van der Waals surface area contributed by atoms with Crippen LogP contribution in [0.25, 0.3) is 6.08 Å². The fourth-order valence-corrected chi connectivity index (χ4v) is 4.47. The smallest absolute Gasteiger partial charge is 0.331 e. The van der Waals surface area contributed by atoms with Crippen LogP contribution in [0.4, 0.5) is 0 Å². The van der Waals surface area contributed by atoms with Crippen LogP contribution >= 0.6 is 0 Å². The second-order valence-corrected chi connectivity index (χ2v) is 9.14. The summed E-state index contributed by atoms with van der Waals surface area (Å²) < 4.78 is 32.0. The molecule has 1 aliphatic rings. The third kappa shape index (κ3) is 7.29. The molecule has 160 valence electrons. The minimum absolute atomic E-state index is 0.0286. The fourth-order valence-electron chi connectivity index (χ4n) is 2.95. The van der Waals surface area contributed by atoms with Crippen LogP contribution < -0.4 is 5.32 Å². The van der Waals surface area contributed by atoms with Crippen LogP contribution in [0.1, 0.15) is 51.5 Å². The van der Waals surface area contributed by atoms with Crippen molar-refractivity contribution in [2.24, 2.45) is 0 Å². The number of esters is 1. The molecule has 0 radical (unpaired) electrons. The van der Waals surface area contributed by atoms with Crippen molar-refractivity contribution in [3.63, 3.8) is 0 Å². The van der Waals surface area contributed by atoms with Crippen LogP contribution in [0, 0.1) is 0 Å². The highest BCUT2D eigenvalue weighted by atomic mass is 32.2. The van der Waals surface area contributed by atoms with E-state index in [1.165, 1.54) is 12.2 Å². The van der Waals surface area contributed by atoms with E-state index in [9.17, 15) is 18.0 Å². The SMILES string of the molecule is CC[C@@H](C)NC(=O)COC(=O)/C=C/c1ccc(S(=O)(=O)N2CCCCCC2)cc1. The molecule has 1 aromatic carbocycles. The summed E-state index contributed by atoms with van der Waals surface area (Å²) in [6.07, 6.45) is 7.43. The van der Waals surface area contributed by atoms with Crippen molar-refractivity contribution in [3.8, 4) is 0 Å². The molecular weight excluding hydrogens is 392 g/mol. The topological polar surface area (TPSA) is 92.8 Å². The summed E-state index contributed by atoms with van der Waals surface area (Å²) in [5.41, 5.74) is 0.667. The predicted molar refractivity (Wildman–Crippen MR) is 112 cm³/mol. The van der Waals surface area contributed by atoms with Gasteiger partial charge in [0.15, 0.2) is 6.61 Å². The molecule has 1 saturated heterocycles. The van der Waals surface area contributed by atoms with Gasteiger partial charge in [0.25, 0.3) is 5.91 Å². The van der Waals surface area contributed by atoms with Crippen molar-refractivity contribution in [3.05, 3.63) is 35.9 Å². The molecule has 1 fully saturated rings. The molecule has 0 unspecified atom stereocenters. The molecule has 1 aliphatic heterocycles. The Labute approximate surface area is 173 Å². The average Bonchev–Trinajstić information content (AvgIpc) is 3.01. The molecule has 1 heterocycles. The molecule has 0 aliphatic carbocycles. The van der Waals surface area contributed by atoms with Crippen molar-refractivity contribution in [2.75, 3.05) is 19.7 Å². The number of rotatable bonds is 8. The normalized spacial score (nSPS) is 16.9. The van der Waals surface area contributed by atoms with E-state index < -0.39 is 16.0 Å². The van der Waals surface area contributed by atoms with Crippen LogP contribution in [-0.4, -0.2) is 50.3 Å². The summed E-state index contributed by atoms with van der Waals surface area (Å²) in [6.45, 7) is 4.60. The molecule has 7 nitrogen and oxygen atoms in total. The van der Waals surface area contributed by atoms with Gasteiger partial charge in [-0.15, -0.1) is 0 Å². The lowest BCUT2D eigenvalue weighted by Crippen LogP contribution is -2.35. The summed E-state index contributed by atoms with van der Waals surface area (Å²) in [7, 11) is -3.49. The lowest BCUT2D eigenvalue weighted by molar-refractivity contribution is -0.144. The van der Waals surface area contributed by atoms with Crippen molar-refractivity contribution in [2.45, 2.75) is 56.9 Å². The van der Waals surface area contributed by atoms with Gasteiger partial charge in [-0.25, -0.2) is 13.2 Å². The van der Waals surface area contributed by atoms with Gasteiger partial charge in [0.1, 0.15) is 0 Å². The Bertz CT molecular complexity index is 810. The lowest BCUT2D eigenvalue weighted by Gasteiger charge is -2.19. The number of hydrogen-bond donors (Lipinski definition) is 1.